The van der Waals surface area contributed by atoms with Crippen molar-refractivity contribution in [1.82, 2.24) is 15.4 Å². The van der Waals surface area contributed by atoms with Crippen LogP contribution in [0.3, 0.4) is 0 Å². The number of carbonyl (C=O) groups excluding carboxylic acids is 1. The van der Waals surface area contributed by atoms with Crippen LogP contribution in [0.15, 0.2) is 34.2 Å². The molecule has 9 heteroatoms. The summed E-state index contributed by atoms with van der Waals surface area (Å²) in [7, 11) is -3.47. The van der Waals surface area contributed by atoms with E-state index in [1.54, 1.807) is 24.3 Å². The molecule has 0 aliphatic carbocycles. The molecule has 1 aromatic rings. The number of hydrogen-bond acceptors (Lipinski definition) is 5. The number of nitrogens with zero attached hydrogens (tertiary/aromatic N) is 1. The zero-order chi connectivity index (χ0) is 19.3. The highest BCUT2D eigenvalue weighted by molar-refractivity contribution is 7.90. The first-order chi connectivity index (χ1) is 13.0. The van der Waals surface area contributed by atoms with E-state index in [-0.39, 0.29) is 29.3 Å². The van der Waals surface area contributed by atoms with Crippen LogP contribution in [0.4, 0.5) is 0 Å². The smallest absolute Gasteiger partial charge is 0.263 e. The van der Waals surface area contributed by atoms with E-state index in [2.05, 4.69) is 27.3 Å². The van der Waals surface area contributed by atoms with Gasteiger partial charge >= 0.3 is 0 Å². The number of unbranched alkanes of at least 4 members (excludes halogenated alkanes) is 2. The van der Waals surface area contributed by atoms with Gasteiger partial charge in [-0.15, -0.1) is 12.4 Å². The van der Waals surface area contributed by atoms with Crippen LogP contribution in [-0.2, 0) is 14.8 Å². The Labute approximate surface area is 173 Å². The molecule has 3 rings (SSSR count). The summed E-state index contributed by atoms with van der Waals surface area (Å²) >= 11 is 0. The molecular formula is C19H29ClN4O3S. The third kappa shape index (κ3) is 5.93. The van der Waals surface area contributed by atoms with E-state index >= 15 is 0 Å². The highest BCUT2D eigenvalue weighted by atomic mass is 35.5. The number of fused-ring (bicyclic) bond motifs is 1. The standard InChI is InChI=1S/C19H28N4O3S.ClH/c1-14-13-15(10-12-20-14)22-18(24)9-3-2-6-11-21-19-16-7-4-5-8-17(16)27(25,26)23-19;/h4-5,7-8,14-15,20H,2-3,6,9-13H2,1H3,(H,21,23)(H,22,24);1H. The maximum atomic E-state index is 12.0. The van der Waals surface area contributed by atoms with Gasteiger partial charge in [-0.05, 0) is 51.3 Å². The lowest BCUT2D eigenvalue weighted by atomic mass is 10.0. The van der Waals surface area contributed by atoms with E-state index in [4.69, 9.17) is 0 Å². The predicted molar refractivity (Wildman–Crippen MR) is 113 cm³/mol. The average molecular weight is 429 g/mol. The minimum Gasteiger partial charge on any atom is -0.353 e. The summed E-state index contributed by atoms with van der Waals surface area (Å²) in [5.74, 6) is 0.543. The Morgan fingerprint density at radius 3 is 2.82 bits per heavy atom. The van der Waals surface area contributed by atoms with Crippen molar-refractivity contribution >= 4 is 34.2 Å². The van der Waals surface area contributed by atoms with Crippen molar-refractivity contribution in [3.63, 3.8) is 0 Å². The van der Waals surface area contributed by atoms with E-state index in [9.17, 15) is 13.2 Å². The first kappa shape index (κ1) is 22.6. The summed E-state index contributed by atoms with van der Waals surface area (Å²) in [6.07, 6.45) is 5.04. The normalized spacial score (nSPS) is 24.1. The molecule has 1 saturated heterocycles. The Morgan fingerprint density at radius 2 is 2.04 bits per heavy atom. The van der Waals surface area contributed by atoms with Crippen LogP contribution >= 0.6 is 12.4 Å². The van der Waals surface area contributed by atoms with E-state index in [1.165, 1.54) is 0 Å². The van der Waals surface area contributed by atoms with Gasteiger partial charge in [0.15, 0.2) is 0 Å². The van der Waals surface area contributed by atoms with Gasteiger partial charge in [0.05, 0.1) is 4.90 Å². The van der Waals surface area contributed by atoms with Gasteiger partial charge < -0.3 is 10.6 Å². The molecule has 2 aliphatic rings. The van der Waals surface area contributed by atoms with Crippen molar-refractivity contribution < 1.29 is 13.2 Å². The number of benzene rings is 1. The van der Waals surface area contributed by atoms with Crippen molar-refractivity contribution in [2.24, 2.45) is 4.99 Å². The Hall–Kier alpha value is -1.64. The third-order valence-electron chi connectivity index (χ3n) is 4.98. The quantitative estimate of drug-likeness (QED) is 0.578. The molecule has 2 unspecified atom stereocenters. The number of amidine groups is 1. The molecule has 2 aliphatic heterocycles. The second kappa shape index (κ2) is 10.2. The molecule has 3 N–H and O–H groups in total. The Balaban J connectivity index is 0.00000280. The van der Waals surface area contributed by atoms with Gasteiger partial charge in [-0.25, -0.2) is 8.42 Å². The number of hydrogen-bond donors (Lipinski definition) is 3. The van der Waals surface area contributed by atoms with Crippen molar-refractivity contribution in [2.75, 3.05) is 13.1 Å². The van der Waals surface area contributed by atoms with Crippen LogP contribution in [0.5, 0.6) is 0 Å². The fourth-order valence-corrected chi connectivity index (χ4v) is 4.83. The van der Waals surface area contributed by atoms with E-state index in [0.717, 1.165) is 38.6 Å². The van der Waals surface area contributed by atoms with E-state index < -0.39 is 10.0 Å². The molecule has 0 bridgehead atoms. The fourth-order valence-electron chi connectivity index (χ4n) is 3.58. The second-order valence-corrected chi connectivity index (χ2v) is 8.94. The van der Waals surface area contributed by atoms with Crippen LogP contribution in [-0.4, -0.2) is 45.3 Å². The van der Waals surface area contributed by atoms with Crippen LogP contribution in [0.1, 0.15) is 51.0 Å². The predicted octanol–water partition coefficient (Wildman–Crippen LogP) is 1.96. The number of piperidine rings is 1. The first-order valence-corrected chi connectivity index (χ1v) is 11.1. The zero-order valence-electron chi connectivity index (χ0n) is 16.1. The molecule has 0 saturated carbocycles. The molecule has 1 fully saturated rings. The summed E-state index contributed by atoms with van der Waals surface area (Å²) in [5, 5.41) is 6.50. The molecule has 156 valence electrons. The summed E-state index contributed by atoms with van der Waals surface area (Å²) < 4.78 is 26.5. The third-order valence-corrected chi connectivity index (χ3v) is 6.38. The first-order valence-electron chi connectivity index (χ1n) is 9.65. The maximum absolute atomic E-state index is 12.0. The van der Waals surface area contributed by atoms with Crippen molar-refractivity contribution in [3.8, 4) is 0 Å². The number of rotatable bonds is 7. The van der Waals surface area contributed by atoms with Gasteiger partial charge in [-0.1, -0.05) is 18.6 Å². The van der Waals surface area contributed by atoms with Gasteiger partial charge in [-0.2, -0.15) is 0 Å². The summed E-state index contributed by atoms with van der Waals surface area (Å²) in [6, 6.07) is 7.60. The minimum absolute atomic E-state index is 0. The summed E-state index contributed by atoms with van der Waals surface area (Å²) in [6.45, 7) is 3.64. The molecule has 28 heavy (non-hydrogen) atoms. The number of aliphatic imine (C=N–C) groups is 1. The lowest BCUT2D eigenvalue weighted by Crippen LogP contribution is -2.46. The maximum Gasteiger partial charge on any atom is 0.263 e. The number of carbonyl (C=O) groups is 1. The molecular weight excluding hydrogens is 400 g/mol. The van der Waals surface area contributed by atoms with Crippen LogP contribution in [0.25, 0.3) is 0 Å². The van der Waals surface area contributed by atoms with E-state index in [0.29, 0.717) is 30.4 Å². The minimum atomic E-state index is -3.47. The van der Waals surface area contributed by atoms with Gasteiger partial charge in [-0.3, -0.25) is 14.5 Å². The molecule has 0 spiro atoms. The topological polar surface area (TPSA) is 99.7 Å². The van der Waals surface area contributed by atoms with E-state index in [1.807, 2.05) is 0 Å². The second-order valence-electron chi connectivity index (χ2n) is 7.29. The number of amides is 1. The van der Waals surface area contributed by atoms with Crippen LogP contribution in [0.2, 0.25) is 0 Å². The SMILES string of the molecule is CC1CC(NC(=O)CCCCCN=C2NS(=O)(=O)c3ccccc32)CCN1.Cl. The van der Waals surface area contributed by atoms with Gasteiger partial charge in [0.2, 0.25) is 5.91 Å². The Kier molecular flexibility index (Phi) is 8.27. The Bertz CT molecular complexity index is 813. The monoisotopic (exact) mass is 428 g/mol. The highest BCUT2D eigenvalue weighted by Crippen LogP contribution is 2.22. The molecule has 1 amide bonds. The number of nitrogens with one attached hydrogen (secondary N) is 3. The molecule has 2 heterocycles. The lowest BCUT2D eigenvalue weighted by Gasteiger charge is -2.28. The van der Waals surface area contributed by atoms with Gasteiger partial charge in [0.1, 0.15) is 5.84 Å². The molecule has 2 atom stereocenters. The van der Waals surface area contributed by atoms with Crippen molar-refractivity contribution in [2.45, 2.75) is 62.4 Å². The van der Waals surface area contributed by atoms with Crippen molar-refractivity contribution in [1.29, 1.82) is 0 Å². The molecule has 0 radical (unpaired) electrons. The molecule has 7 nitrogen and oxygen atoms in total. The van der Waals surface area contributed by atoms with Crippen LogP contribution < -0.4 is 15.4 Å². The highest BCUT2D eigenvalue weighted by Gasteiger charge is 2.29. The van der Waals surface area contributed by atoms with Crippen molar-refractivity contribution in [3.05, 3.63) is 29.8 Å². The van der Waals surface area contributed by atoms with Crippen LogP contribution in [0, 0.1) is 0 Å². The largest absolute Gasteiger partial charge is 0.353 e. The summed E-state index contributed by atoms with van der Waals surface area (Å²) in [5.41, 5.74) is 0.632. The average Bonchev–Trinajstić information content (AvgIpc) is 2.89. The molecule has 1 aromatic carbocycles. The zero-order valence-corrected chi connectivity index (χ0v) is 17.7. The van der Waals surface area contributed by atoms with Gasteiger partial charge in [0.25, 0.3) is 10.0 Å². The summed E-state index contributed by atoms with van der Waals surface area (Å²) in [4.78, 5) is 16.7. The fraction of sp³-hybridized carbons (Fsp3) is 0.579. The number of sulfonamides is 1. The molecule has 0 aromatic heterocycles. The number of halogens is 1. The Morgan fingerprint density at radius 1 is 1.25 bits per heavy atom. The van der Waals surface area contributed by atoms with Gasteiger partial charge in [0, 0.05) is 30.6 Å². The lowest BCUT2D eigenvalue weighted by molar-refractivity contribution is -0.122.